The summed E-state index contributed by atoms with van der Waals surface area (Å²) < 4.78 is 5.41. The molecule has 2 aliphatic rings. The van der Waals surface area contributed by atoms with E-state index < -0.39 is 0 Å². The number of nitrogen functional groups attached to an aromatic ring is 1. The number of piperazine rings is 1. The molecule has 1 atom stereocenters. The topological polar surface area (TPSA) is 83.6 Å². The molecule has 0 spiro atoms. The average molecular weight is 384 g/mol. The fourth-order valence-corrected chi connectivity index (χ4v) is 3.87. The number of aromatic nitrogens is 3. The van der Waals surface area contributed by atoms with E-state index in [0.717, 1.165) is 51.5 Å². The van der Waals surface area contributed by atoms with Crippen LogP contribution in [0.5, 0.6) is 0 Å². The summed E-state index contributed by atoms with van der Waals surface area (Å²) in [7, 11) is 0. The number of benzene rings is 1. The van der Waals surface area contributed by atoms with Crippen molar-refractivity contribution in [1.82, 2.24) is 19.9 Å². The summed E-state index contributed by atoms with van der Waals surface area (Å²) in [6.45, 7) is 9.36. The van der Waals surface area contributed by atoms with Crippen molar-refractivity contribution >= 4 is 17.6 Å². The Hall–Kier alpha value is -2.45. The van der Waals surface area contributed by atoms with Gasteiger partial charge in [0.1, 0.15) is 5.82 Å². The fraction of sp³-hybridized carbons (Fsp3) is 0.550. The van der Waals surface area contributed by atoms with Crippen molar-refractivity contribution in [2.45, 2.75) is 19.4 Å². The molecule has 2 saturated heterocycles. The normalized spacial score (nSPS) is 19.6. The number of nitrogens with zero attached hydrogens (tertiary/aromatic N) is 6. The van der Waals surface area contributed by atoms with Gasteiger partial charge in [-0.3, -0.25) is 4.90 Å². The lowest BCUT2D eigenvalue weighted by Gasteiger charge is -2.39. The van der Waals surface area contributed by atoms with Crippen LogP contribution >= 0.6 is 0 Å². The first-order valence-electron chi connectivity index (χ1n) is 10.1. The van der Waals surface area contributed by atoms with Crippen LogP contribution in [-0.4, -0.2) is 78.4 Å². The maximum absolute atomic E-state index is 5.96. The van der Waals surface area contributed by atoms with Crippen molar-refractivity contribution in [3.8, 4) is 0 Å². The summed E-state index contributed by atoms with van der Waals surface area (Å²) in [5.41, 5.74) is 7.26. The number of nitrogens with two attached hydrogens (primary N) is 1. The molecule has 2 aliphatic heterocycles. The van der Waals surface area contributed by atoms with E-state index in [2.05, 4.69) is 66.9 Å². The summed E-state index contributed by atoms with van der Waals surface area (Å²) in [6.07, 6.45) is 0.773. The van der Waals surface area contributed by atoms with Gasteiger partial charge in [0, 0.05) is 57.4 Å². The number of para-hydroxylation sites is 1. The second-order valence-corrected chi connectivity index (χ2v) is 7.42. The predicted octanol–water partition coefficient (Wildman–Crippen LogP) is 1.04. The van der Waals surface area contributed by atoms with E-state index in [4.69, 9.17) is 10.5 Å². The quantitative estimate of drug-likeness (QED) is 0.820. The van der Waals surface area contributed by atoms with Gasteiger partial charge >= 0.3 is 0 Å². The minimum atomic E-state index is 0.299. The first kappa shape index (κ1) is 18.9. The molecule has 2 fully saturated rings. The van der Waals surface area contributed by atoms with Crippen molar-refractivity contribution < 1.29 is 4.74 Å². The average Bonchev–Trinajstić information content (AvgIpc) is 2.75. The lowest BCUT2D eigenvalue weighted by atomic mass is 10.1. The van der Waals surface area contributed by atoms with E-state index in [1.54, 1.807) is 0 Å². The molecule has 8 nitrogen and oxygen atoms in total. The third kappa shape index (κ3) is 4.51. The Morgan fingerprint density at radius 2 is 1.64 bits per heavy atom. The molecule has 1 aromatic heterocycles. The number of rotatable bonds is 5. The summed E-state index contributed by atoms with van der Waals surface area (Å²) in [5, 5.41) is 0. The largest absolute Gasteiger partial charge is 0.378 e. The van der Waals surface area contributed by atoms with Crippen molar-refractivity contribution in [1.29, 1.82) is 0 Å². The van der Waals surface area contributed by atoms with Gasteiger partial charge in [0.15, 0.2) is 0 Å². The van der Waals surface area contributed by atoms with E-state index in [0.29, 0.717) is 31.2 Å². The zero-order chi connectivity index (χ0) is 19.3. The third-order valence-electron chi connectivity index (χ3n) is 5.52. The molecule has 2 N–H and O–H groups in total. The van der Waals surface area contributed by atoms with Crippen molar-refractivity contribution in [3.63, 3.8) is 0 Å². The van der Waals surface area contributed by atoms with Gasteiger partial charge in [-0.25, -0.2) is 0 Å². The molecule has 150 valence electrons. The molecule has 28 heavy (non-hydrogen) atoms. The van der Waals surface area contributed by atoms with Crippen LogP contribution in [0.15, 0.2) is 30.3 Å². The SMILES string of the molecule is CC(Cc1nc(N)nc(N2CCOCC2)n1)N1CCN(c2ccccc2)CC1. The molecule has 0 aliphatic carbocycles. The van der Waals surface area contributed by atoms with Crippen molar-refractivity contribution in [2.24, 2.45) is 0 Å². The van der Waals surface area contributed by atoms with Gasteiger partial charge in [-0.05, 0) is 19.1 Å². The summed E-state index contributed by atoms with van der Waals surface area (Å²) in [6, 6.07) is 11.0. The van der Waals surface area contributed by atoms with Gasteiger partial charge in [-0.15, -0.1) is 0 Å². The molecule has 1 aromatic carbocycles. The Kier molecular flexibility index (Phi) is 5.87. The molecule has 3 heterocycles. The highest BCUT2D eigenvalue weighted by Gasteiger charge is 2.23. The van der Waals surface area contributed by atoms with Crippen LogP contribution in [0, 0.1) is 0 Å². The van der Waals surface area contributed by atoms with Crippen LogP contribution in [-0.2, 0) is 11.2 Å². The van der Waals surface area contributed by atoms with Crippen LogP contribution < -0.4 is 15.5 Å². The Morgan fingerprint density at radius 1 is 0.929 bits per heavy atom. The van der Waals surface area contributed by atoms with Gasteiger partial charge in [0.2, 0.25) is 11.9 Å². The maximum Gasteiger partial charge on any atom is 0.230 e. The smallest absolute Gasteiger partial charge is 0.230 e. The van der Waals surface area contributed by atoms with Crippen LogP contribution in [0.1, 0.15) is 12.7 Å². The maximum atomic E-state index is 5.96. The molecule has 1 unspecified atom stereocenters. The fourth-order valence-electron chi connectivity index (χ4n) is 3.87. The summed E-state index contributed by atoms with van der Waals surface area (Å²) in [5.74, 6) is 1.74. The molecule has 0 bridgehead atoms. The number of anilines is 3. The molecule has 8 heteroatoms. The minimum absolute atomic E-state index is 0.299. The third-order valence-corrected chi connectivity index (χ3v) is 5.52. The first-order chi connectivity index (χ1) is 13.7. The number of hydrogen-bond donors (Lipinski definition) is 1. The number of ether oxygens (including phenoxy) is 1. The summed E-state index contributed by atoms with van der Waals surface area (Å²) >= 11 is 0. The predicted molar refractivity (Wildman–Crippen MR) is 111 cm³/mol. The van der Waals surface area contributed by atoms with Crippen molar-refractivity contribution in [3.05, 3.63) is 36.2 Å². The van der Waals surface area contributed by atoms with Crippen LogP contribution in [0.2, 0.25) is 0 Å². The Labute approximate surface area is 166 Å². The van der Waals surface area contributed by atoms with Crippen molar-refractivity contribution in [2.75, 3.05) is 68.0 Å². The lowest BCUT2D eigenvalue weighted by molar-refractivity contribution is 0.122. The number of hydrogen-bond acceptors (Lipinski definition) is 8. The van der Waals surface area contributed by atoms with E-state index in [1.165, 1.54) is 5.69 Å². The van der Waals surface area contributed by atoms with Gasteiger partial charge in [-0.1, -0.05) is 18.2 Å². The molecule has 4 rings (SSSR count). The van der Waals surface area contributed by atoms with E-state index in [1.807, 2.05) is 0 Å². The zero-order valence-electron chi connectivity index (χ0n) is 16.5. The highest BCUT2D eigenvalue weighted by molar-refractivity contribution is 5.46. The van der Waals surface area contributed by atoms with E-state index >= 15 is 0 Å². The molecular weight excluding hydrogens is 354 g/mol. The summed E-state index contributed by atoms with van der Waals surface area (Å²) in [4.78, 5) is 20.5. The second-order valence-electron chi connectivity index (χ2n) is 7.42. The van der Waals surface area contributed by atoms with Gasteiger partial charge in [0.25, 0.3) is 0 Å². The highest BCUT2D eigenvalue weighted by Crippen LogP contribution is 2.18. The molecule has 0 radical (unpaired) electrons. The van der Waals surface area contributed by atoms with Gasteiger partial charge < -0.3 is 20.3 Å². The standard InChI is InChI=1S/C20H29N7O/c1-16(25-7-9-26(10-8-25)17-5-3-2-4-6-17)15-18-22-19(21)24-20(23-18)27-11-13-28-14-12-27/h2-6,16H,7-15H2,1H3,(H2,21,22,23,24). The Balaban J connectivity index is 1.36. The molecule has 0 amide bonds. The Bertz CT molecular complexity index is 758. The van der Waals surface area contributed by atoms with E-state index in [9.17, 15) is 0 Å². The minimum Gasteiger partial charge on any atom is -0.378 e. The molecule has 2 aromatic rings. The van der Waals surface area contributed by atoms with Crippen LogP contribution in [0.4, 0.5) is 17.6 Å². The monoisotopic (exact) mass is 383 g/mol. The second kappa shape index (κ2) is 8.70. The van der Waals surface area contributed by atoms with Gasteiger partial charge in [-0.2, -0.15) is 15.0 Å². The Morgan fingerprint density at radius 3 is 2.36 bits per heavy atom. The van der Waals surface area contributed by atoms with Crippen LogP contribution in [0.3, 0.4) is 0 Å². The molecular formula is C20H29N7O. The van der Waals surface area contributed by atoms with Gasteiger partial charge in [0.05, 0.1) is 13.2 Å². The first-order valence-corrected chi connectivity index (χ1v) is 10.1. The van der Waals surface area contributed by atoms with Crippen LogP contribution in [0.25, 0.3) is 0 Å². The highest BCUT2D eigenvalue weighted by atomic mass is 16.5. The zero-order valence-corrected chi connectivity index (χ0v) is 16.5. The number of morpholine rings is 1. The molecule has 0 saturated carbocycles. The lowest BCUT2D eigenvalue weighted by Crippen LogP contribution is -2.50. The van der Waals surface area contributed by atoms with E-state index in [-0.39, 0.29) is 0 Å².